The van der Waals surface area contributed by atoms with E-state index in [1.165, 1.54) is 14.0 Å². The van der Waals surface area contributed by atoms with Crippen LogP contribution in [0.2, 0.25) is 0 Å². The van der Waals surface area contributed by atoms with Gasteiger partial charge in [0.05, 0.1) is 12.8 Å². The molecule has 1 amide bonds. The molecule has 0 heterocycles. The lowest BCUT2D eigenvalue weighted by atomic mass is 10.1. The number of ether oxygens (including phenoxy) is 1. The molecular formula is C12H14BrNO4. The molecule has 6 heteroatoms. The molecule has 0 spiro atoms. The first-order valence-corrected chi connectivity index (χ1v) is 6.04. The summed E-state index contributed by atoms with van der Waals surface area (Å²) in [7, 11) is 1.48. The Balaban J connectivity index is 3.04. The highest BCUT2D eigenvalue weighted by atomic mass is 79.9. The summed E-state index contributed by atoms with van der Waals surface area (Å²) < 4.78 is 5.98. The topological polar surface area (TPSA) is 75.6 Å². The maximum absolute atomic E-state index is 11.7. The van der Waals surface area contributed by atoms with E-state index in [0.29, 0.717) is 11.4 Å². The van der Waals surface area contributed by atoms with E-state index in [1.54, 1.807) is 13.0 Å². The average Bonchev–Trinajstić information content (AvgIpc) is 2.30. The molecule has 18 heavy (non-hydrogen) atoms. The van der Waals surface area contributed by atoms with Crippen LogP contribution in [0.4, 0.5) is 5.69 Å². The number of methoxy groups -OCH3 is 1. The van der Waals surface area contributed by atoms with E-state index in [-0.39, 0.29) is 0 Å². The minimum Gasteiger partial charge on any atom is -0.495 e. The zero-order valence-corrected chi connectivity index (χ0v) is 11.9. The van der Waals surface area contributed by atoms with Crippen LogP contribution in [0.15, 0.2) is 16.6 Å². The fourth-order valence-corrected chi connectivity index (χ4v) is 1.93. The molecule has 0 aliphatic heterocycles. The minimum absolute atomic E-state index is 0.479. The van der Waals surface area contributed by atoms with E-state index in [9.17, 15) is 9.59 Å². The van der Waals surface area contributed by atoms with Crippen LogP contribution < -0.4 is 10.1 Å². The summed E-state index contributed by atoms with van der Waals surface area (Å²) in [4.78, 5) is 22.4. The van der Waals surface area contributed by atoms with Gasteiger partial charge in [-0.05, 0) is 31.5 Å². The Kier molecular flexibility index (Phi) is 4.72. The Morgan fingerprint density at radius 1 is 1.44 bits per heavy atom. The minimum atomic E-state index is -1.17. The molecule has 98 valence electrons. The van der Waals surface area contributed by atoms with Gasteiger partial charge in [0.15, 0.2) is 0 Å². The lowest BCUT2D eigenvalue weighted by Gasteiger charge is -2.15. The van der Waals surface area contributed by atoms with Crippen molar-refractivity contribution in [3.8, 4) is 5.75 Å². The van der Waals surface area contributed by atoms with Gasteiger partial charge < -0.3 is 15.2 Å². The van der Waals surface area contributed by atoms with Gasteiger partial charge in [-0.1, -0.05) is 15.9 Å². The van der Waals surface area contributed by atoms with E-state index in [2.05, 4.69) is 21.2 Å². The summed E-state index contributed by atoms with van der Waals surface area (Å²) in [5.74, 6) is -2.38. The third-order valence-corrected chi connectivity index (χ3v) is 2.95. The number of carboxylic acid groups (broad SMARTS) is 1. The van der Waals surface area contributed by atoms with Crippen molar-refractivity contribution in [1.29, 1.82) is 0 Å². The quantitative estimate of drug-likeness (QED) is 0.837. The second kappa shape index (κ2) is 5.86. The molecule has 1 rings (SSSR count). The summed E-state index contributed by atoms with van der Waals surface area (Å²) in [6.07, 6.45) is 0. The van der Waals surface area contributed by atoms with E-state index < -0.39 is 17.8 Å². The number of aliphatic carboxylic acids is 1. The number of amides is 1. The number of carbonyl (C=O) groups excluding carboxylic acids is 1. The lowest BCUT2D eigenvalue weighted by Crippen LogP contribution is -2.27. The number of benzene rings is 1. The number of carboxylic acids is 1. The second-order valence-electron chi connectivity index (χ2n) is 3.85. The average molecular weight is 316 g/mol. The van der Waals surface area contributed by atoms with Gasteiger partial charge in [-0.25, -0.2) is 0 Å². The van der Waals surface area contributed by atoms with Gasteiger partial charge in [-0.2, -0.15) is 0 Å². The van der Waals surface area contributed by atoms with Crippen molar-refractivity contribution in [1.82, 2.24) is 0 Å². The van der Waals surface area contributed by atoms with Gasteiger partial charge in [0.1, 0.15) is 11.7 Å². The van der Waals surface area contributed by atoms with E-state index in [0.717, 1.165) is 10.0 Å². The van der Waals surface area contributed by atoms with Gasteiger partial charge in [0, 0.05) is 4.47 Å². The SMILES string of the molecule is COc1cc(Br)cc(C)c1NC(=O)C(C)C(=O)O. The molecule has 0 aliphatic carbocycles. The highest BCUT2D eigenvalue weighted by Crippen LogP contribution is 2.32. The van der Waals surface area contributed by atoms with Crippen molar-refractivity contribution in [2.75, 3.05) is 12.4 Å². The Morgan fingerprint density at radius 2 is 2.06 bits per heavy atom. The lowest BCUT2D eigenvalue weighted by molar-refractivity contribution is -0.144. The Hall–Kier alpha value is -1.56. The van der Waals surface area contributed by atoms with Gasteiger partial charge in [-0.15, -0.1) is 0 Å². The Labute approximate surface area is 113 Å². The summed E-state index contributed by atoms with van der Waals surface area (Å²) in [6, 6.07) is 3.51. The van der Waals surface area contributed by atoms with Crippen molar-refractivity contribution < 1.29 is 19.4 Å². The number of hydrogen-bond acceptors (Lipinski definition) is 3. The molecule has 0 aliphatic rings. The van der Waals surface area contributed by atoms with Crippen molar-refractivity contribution in [3.63, 3.8) is 0 Å². The highest BCUT2D eigenvalue weighted by molar-refractivity contribution is 9.10. The van der Waals surface area contributed by atoms with Gasteiger partial charge in [0.25, 0.3) is 0 Å². The van der Waals surface area contributed by atoms with Crippen LogP contribution in [-0.4, -0.2) is 24.1 Å². The molecule has 0 bridgehead atoms. The van der Waals surface area contributed by atoms with Crippen LogP contribution in [0, 0.1) is 12.8 Å². The van der Waals surface area contributed by atoms with Crippen molar-refractivity contribution in [2.24, 2.45) is 5.92 Å². The molecule has 0 saturated carbocycles. The number of aryl methyl sites for hydroxylation is 1. The van der Waals surface area contributed by atoms with Crippen LogP contribution in [0.3, 0.4) is 0 Å². The van der Waals surface area contributed by atoms with E-state index >= 15 is 0 Å². The molecule has 1 unspecified atom stereocenters. The fourth-order valence-electron chi connectivity index (χ4n) is 1.38. The molecule has 5 nitrogen and oxygen atoms in total. The highest BCUT2D eigenvalue weighted by Gasteiger charge is 2.22. The molecule has 1 aromatic rings. The standard InChI is InChI=1S/C12H14BrNO4/c1-6-4-8(13)5-9(18-3)10(6)14-11(15)7(2)12(16)17/h4-5,7H,1-3H3,(H,14,15)(H,16,17). The maximum atomic E-state index is 11.7. The Morgan fingerprint density at radius 3 is 2.56 bits per heavy atom. The van der Waals surface area contributed by atoms with Crippen molar-refractivity contribution in [3.05, 3.63) is 22.2 Å². The predicted molar refractivity (Wildman–Crippen MR) is 70.9 cm³/mol. The number of anilines is 1. The number of nitrogens with one attached hydrogen (secondary N) is 1. The molecule has 2 N–H and O–H groups in total. The van der Waals surface area contributed by atoms with E-state index in [1.807, 2.05) is 6.07 Å². The molecule has 1 aromatic carbocycles. The van der Waals surface area contributed by atoms with Crippen LogP contribution in [-0.2, 0) is 9.59 Å². The van der Waals surface area contributed by atoms with Gasteiger partial charge in [0.2, 0.25) is 5.91 Å². The third-order valence-electron chi connectivity index (χ3n) is 2.50. The first-order chi connectivity index (χ1) is 8.36. The van der Waals surface area contributed by atoms with Crippen molar-refractivity contribution >= 4 is 33.5 Å². The maximum Gasteiger partial charge on any atom is 0.315 e. The van der Waals surface area contributed by atoms with Crippen molar-refractivity contribution in [2.45, 2.75) is 13.8 Å². The molecule has 1 atom stereocenters. The summed E-state index contributed by atoms with van der Waals surface area (Å²) >= 11 is 3.32. The molecule has 0 saturated heterocycles. The smallest absolute Gasteiger partial charge is 0.315 e. The number of rotatable bonds is 4. The van der Waals surface area contributed by atoms with Crippen LogP contribution in [0.25, 0.3) is 0 Å². The van der Waals surface area contributed by atoms with Gasteiger partial charge in [-0.3, -0.25) is 9.59 Å². The van der Waals surface area contributed by atoms with Gasteiger partial charge >= 0.3 is 5.97 Å². The monoisotopic (exact) mass is 315 g/mol. The summed E-state index contributed by atoms with van der Waals surface area (Å²) in [5.41, 5.74) is 1.27. The molecule has 0 radical (unpaired) electrons. The first kappa shape index (κ1) is 14.5. The normalized spacial score (nSPS) is 11.8. The third kappa shape index (κ3) is 3.22. The Bertz CT molecular complexity index is 487. The zero-order chi connectivity index (χ0) is 13.9. The first-order valence-electron chi connectivity index (χ1n) is 5.24. The summed E-state index contributed by atoms with van der Waals surface area (Å²) in [5, 5.41) is 11.3. The zero-order valence-electron chi connectivity index (χ0n) is 10.3. The molecule has 0 fully saturated rings. The number of halogens is 1. The number of carbonyl (C=O) groups is 2. The van der Waals surface area contributed by atoms with Crippen LogP contribution in [0.1, 0.15) is 12.5 Å². The summed E-state index contributed by atoms with van der Waals surface area (Å²) in [6.45, 7) is 3.13. The largest absolute Gasteiger partial charge is 0.495 e. The van der Waals surface area contributed by atoms with E-state index in [4.69, 9.17) is 9.84 Å². The molecular weight excluding hydrogens is 302 g/mol. The molecule has 0 aromatic heterocycles. The second-order valence-corrected chi connectivity index (χ2v) is 4.76. The van der Waals surface area contributed by atoms with Crippen LogP contribution >= 0.6 is 15.9 Å². The van der Waals surface area contributed by atoms with Crippen LogP contribution in [0.5, 0.6) is 5.75 Å². The number of hydrogen-bond donors (Lipinski definition) is 2. The fraction of sp³-hybridized carbons (Fsp3) is 0.333. The predicted octanol–water partition coefficient (Wildman–Crippen LogP) is 2.43.